The first-order chi connectivity index (χ1) is 14.6. The Hall–Kier alpha value is -3.15. The SMILES string of the molecule is O=C(Cc1nc2ccccc2n1C[C@H](O)c1ccc(Cl)cc1)NCc1ccccc1. The highest BCUT2D eigenvalue weighted by atomic mass is 35.5. The third kappa shape index (κ3) is 4.70. The van der Waals surface area contributed by atoms with E-state index in [0.29, 0.717) is 23.9 Å². The zero-order valence-electron chi connectivity index (χ0n) is 16.3. The van der Waals surface area contributed by atoms with E-state index in [1.807, 2.05) is 59.2 Å². The lowest BCUT2D eigenvalue weighted by Crippen LogP contribution is -2.26. The van der Waals surface area contributed by atoms with E-state index < -0.39 is 6.10 Å². The van der Waals surface area contributed by atoms with Crippen molar-refractivity contribution in [3.8, 4) is 0 Å². The lowest BCUT2D eigenvalue weighted by molar-refractivity contribution is -0.120. The van der Waals surface area contributed by atoms with Gasteiger partial charge in [0.2, 0.25) is 5.91 Å². The van der Waals surface area contributed by atoms with Crippen LogP contribution in [0.3, 0.4) is 0 Å². The van der Waals surface area contributed by atoms with Gasteiger partial charge in [-0.05, 0) is 35.4 Å². The number of amides is 1. The Morgan fingerprint density at radius 1 is 1.00 bits per heavy atom. The average Bonchev–Trinajstić information content (AvgIpc) is 3.10. The number of aromatic nitrogens is 2. The maximum Gasteiger partial charge on any atom is 0.227 e. The Kier molecular flexibility index (Phi) is 6.12. The lowest BCUT2D eigenvalue weighted by Gasteiger charge is -2.15. The van der Waals surface area contributed by atoms with Gasteiger partial charge in [-0.15, -0.1) is 0 Å². The highest BCUT2D eigenvalue weighted by Crippen LogP contribution is 2.23. The van der Waals surface area contributed by atoms with Crippen molar-refractivity contribution in [2.75, 3.05) is 0 Å². The predicted octanol–water partition coefficient (Wildman–Crippen LogP) is 4.28. The number of halogens is 1. The van der Waals surface area contributed by atoms with Gasteiger partial charge in [-0.3, -0.25) is 4.79 Å². The van der Waals surface area contributed by atoms with Gasteiger partial charge in [0.25, 0.3) is 0 Å². The molecule has 152 valence electrons. The first-order valence-corrected chi connectivity index (χ1v) is 10.2. The molecular formula is C24H22ClN3O2. The summed E-state index contributed by atoms with van der Waals surface area (Å²) in [6, 6.07) is 24.6. The van der Waals surface area contributed by atoms with Crippen molar-refractivity contribution in [2.24, 2.45) is 0 Å². The molecule has 0 fully saturated rings. The second-order valence-electron chi connectivity index (χ2n) is 7.13. The van der Waals surface area contributed by atoms with E-state index in [9.17, 15) is 9.90 Å². The smallest absolute Gasteiger partial charge is 0.227 e. The molecule has 0 aliphatic carbocycles. The molecule has 3 aromatic carbocycles. The average molecular weight is 420 g/mol. The largest absolute Gasteiger partial charge is 0.387 e. The van der Waals surface area contributed by atoms with Crippen molar-refractivity contribution in [1.82, 2.24) is 14.9 Å². The first-order valence-electron chi connectivity index (χ1n) is 9.78. The summed E-state index contributed by atoms with van der Waals surface area (Å²) >= 11 is 5.95. The molecule has 30 heavy (non-hydrogen) atoms. The number of carbonyl (C=O) groups is 1. The van der Waals surface area contributed by atoms with Gasteiger partial charge in [0.05, 0.1) is 30.1 Å². The number of para-hydroxylation sites is 2. The van der Waals surface area contributed by atoms with Gasteiger partial charge >= 0.3 is 0 Å². The number of hydrogen-bond acceptors (Lipinski definition) is 3. The van der Waals surface area contributed by atoms with Gasteiger partial charge in [0.15, 0.2) is 0 Å². The van der Waals surface area contributed by atoms with Gasteiger partial charge in [0, 0.05) is 11.6 Å². The van der Waals surface area contributed by atoms with Gasteiger partial charge in [-0.1, -0.05) is 66.2 Å². The number of nitrogens with one attached hydrogen (secondary N) is 1. The topological polar surface area (TPSA) is 67.2 Å². The minimum absolute atomic E-state index is 0.114. The van der Waals surface area contributed by atoms with Gasteiger partial charge in [-0.2, -0.15) is 0 Å². The van der Waals surface area contributed by atoms with E-state index in [1.165, 1.54) is 0 Å². The molecule has 1 heterocycles. The third-order valence-corrected chi connectivity index (χ3v) is 5.25. The summed E-state index contributed by atoms with van der Waals surface area (Å²) in [5.41, 5.74) is 3.48. The summed E-state index contributed by atoms with van der Waals surface area (Å²) < 4.78 is 1.91. The zero-order chi connectivity index (χ0) is 20.9. The Labute approximate surface area is 179 Å². The number of fused-ring (bicyclic) bond motifs is 1. The number of imidazole rings is 1. The van der Waals surface area contributed by atoms with Crippen LogP contribution in [0.1, 0.15) is 23.1 Å². The number of rotatable bonds is 7. The molecule has 0 aliphatic heterocycles. The van der Waals surface area contributed by atoms with E-state index in [0.717, 1.165) is 22.2 Å². The summed E-state index contributed by atoms with van der Waals surface area (Å²) in [5.74, 6) is 0.506. The number of nitrogens with zero attached hydrogens (tertiary/aromatic N) is 2. The van der Waals surface area contributed by atoms with Crippen LogP contribution in [0.4, 0.5) is 0 Å². The number of carbonyl (C=O) groups excluding carboxylic acids is 1. The molecule has 6 heteroatoms. The molecule has 5 nitrogen and oxygen atoms in total. The van der Waals surface area contributed by atoms with Crippen LogP contribution in [-0.2, 0) is 24.3 Å². The molecule has 0 bridgehead atoms. The third-order valence-electron chi connectivity index (χ3n) is 5.00. The molecule has 0 saturated heterocycles. The predicted molar refractivity (Wildman–Crippen MR) is 118 cm³/mol. The fraction of sp³-hybridized carbons (Fsp3) is 0.167. The van der Waals surface area contributed by atoms with Crippen molar-refractivity contribution >= 4 is 28.5 Å². The minimum atomic E-state index is -0.744. The molecular weight excluding hydrogens is 398 g/mol. The monoisotopic (exact) mass is 419 g/mol. The summed E-state index contributed by atoms with van der Waals surface area (Å²) in [6.07, 6.45) is -0.611. The molecule has 1 aromatic heterocycles. The Morgan fingerprint density at radius 2 is 1.70 bits per heavy atom. The molecule has 4 rings (SSSR count). The highest BCUT2D eigenvalue weighted by Gasteiger charge is 2.17. The van der Waals surface area contributed by atoms with E-state index >= 15 is 0 Å². The lowest BCUT2D eigenvalue weighted by atomic mass is 10.1. The molecule has 0 unspecified atom stereocenters. The minimum Gasteiger partial charge on any atom is -0.387 e. The summed E-state index contributed by atoms with van der Waals surface area (Å²) in [6.45, 7) is 0.761. The van der Waals surface area contributed by atoms with E-state index in [2.05, 4.69) is 10.3 Å². The van der Waals surface area contributed by atoms with E-state index in [4.69, 9.17) is 11.6 Å². The maximum absolute atomic E-state index is 12.6. The van der Waals surface area contributed by atoms with Crippen molar-refractivity contribution < 1.29 is 9.90 Å². The van der Waals surface area contributed by atoms with Gasteiger partial charge < -0.3 is 15.0 Å². The number of hydrogen-bond donors (Lipinski definition) is 2. The Balaban J connectivity index is 1.54. The first kappa shape index (κ1) is 20.1. The fourth-order valence-electron chi connectivity index (χ4n) is 3.43. The molecule has 0 saturated carbocycles. The van der Waals surface area contributed by atoms with E-state index in [-0.39, 0.29) is 12.3 Å². The standard InChI is InChI=1S/C24H22ClN3O2/c25-19-12-10-18(11-13-19)22(29)16-28-21-9-5-4-8-20(21)27-23(28)14-24(30)26-15-17-6-2-1-3-7-17/h1-13,22,29H,14-16H2,(H,26,30)/t22-/m0/s1. The van der Waals surface area contributed by atoms with Crippen LogP contribution in [0.25, 0.3) is 11.0 Å². The zero-order valence-corrected chi connectivity index (χ0v) is 17.1. The Bertz CT molecular complexity index is 1140. The quantitative estimate of drug-likeness (QED) is 0.469. The van der Waals surface area contributed by atoms with Crippen molar-refractivity contribution in [3.63, 3.8) is 0 Å². The number of benzene rings is 3. The fourth-order valence-corrected chi connectivity index (χ4v) is 3.56. The second-order valence-corrected chi connectivity index (χ2v) is 7.57. The molecule has 0 spiro atoms. The molecule has 2 N–H and O–H groups in total. The summed E-state index contributed by atoms with van der Waals surface area (Å²) in [4.78, 5) is 17.2. The molecule has 0 radical (unpaired) electrons. The normalized spacial score (nSPS) is 12.1. The van der Waals surface area contributed by atoms with Crippen molar-refractivity contribution in [2.45, 2.75) is 25.6 Å². The van der Waals surface area contributed by atoms with Crippen molar-refractivity contribution in [1.29, 1.82) is 0 Å². The van der Waals surface area contributed by atoms with Crippen LogP contribution in [-0.4, -0.2) is 20.6 Å². The molecule has 4 aromatic rings. The molecule has 1 atom stereocenters. The summed E-state index contributed by atoms with van der Waals surface area (Å²) in [7, 11) is 0. The molecule has 0 aliphatic rings. The Morgan fingerprint density at radius 3 is 2.47 bits per heavy atom. The van der Waals surface area contributed by atoms with Crippen LogP contribution in [0.2, 0.25) is 5.02 Å². The van der Waals surface area contributed by atoms with Crippen LogP contribution < -0.4 is 5.32 Å². The van der Waals surface area contributed by atoms with Crippen LogP contribution in [0, 0.1) is 0 Å². The molecule has 1 amide bonds. The van der Waals surface area contributed by atoms with Gasteiger partial charge in [-0.25, -0.2) is 4.98 Å². The highest BCUT2D eigenvalue weighted by molar-refractivity contribution is 6.30. The number of aliphatic hydroxyl groups is 1. The van der Waals surface area contributed by atoms with Gasteiger partial charge in [0.1, 0.15) is 5.82 Å². The van der Waals surface area contributed by atoms with Crippen LogP contribution in [0.5, 0.6) is 0 Å². The van der Waals surface area contributed by atoms with Crippen LogP contribution in [0.15, 0.2) is 78.9 Å². The van der Waals surface area contributed by atoms with Crippen LogP contribution >= 0.6 is 11.6 Å². The number of aliphatic hydroxyl groups excluding tert-OH is 1. The maximum atomic E-state index is 12.6. The van der Waals surface area contributed by atoms with Crippen molar-refractivity contribution in [3.05, 3.63) is 101 Å². The second kappa shape index (κ2) is 9.11. The summed E-state index contributed by atoms with van der Waals surface area (Å²) in [5, 5.41) is 14.3. The van der Waals surface area contributed by atoms with E-state index in [1.54, 1.807) is 24.3 Å².